The van der Waals surface area contributed by atoms with Crippen molar-refractivity contribution in [1.82, 2.24) is 10.1 Å². The minimum atomic E-state index is -5.01. The van der Waals surface area contributed by atoms with Crippen molar-refractivity contribution in [2.75, 3.05) is 6.61 Å². The van der Waals surface area contributed by atoms with Crippen molar-refractivity contribution in [2.45, 2.75) is 19.3 Å². The molecule has 3 aromatic rings. The minimum Gasteiger partial charge on any atom is -0.462 e. The van der Waals surface area contributed by atoms with Crippen molar-refractivity contribution in [3.05, 3.63) is 59.2 Å². The lowest BCUT2D eigenvalue weighted by Crippen LogP contribution is -2.11. The van der Waals surface area contributed by atoms with Gasteiger partial charge in [-0.3, -0.25) is 0 Å². The van der Waals surface area contributed by atoms with Gasteiger partial charge in [0.2, 0.25) is 5.82 Å². The van der Waals surface area contributed by atoms with Crippen molar-refractivity contribution >= 4 is 5.97 Å². The van der Waals surface area contributed by atoms with Crippen LogP contribution in [0.25, 0.3) is 22.8 Å². The Bertz CT molecular complexity index is 1040. The molecular weight excluding hydrogens is 418 g/mol. The highest BCUT2D eigenvalue weighted by Gasteiger charge is 2.37. The highest BCUT2D eigenvalue weighted by atomic mass is 19.4. The summed E-state index contributed by atoms with van der Waals surface area (Å²) in [6.07, 6.45) is -10.0. The number of halogens is 6. The molecule has 11 heteroatoms. The topological polar surface area (TPSA) is 65.2 Å². The molecule has 5 nitrogen and oxygen atoms in total. The second kappa shape index (κ2) is 7.81. The van der Waals surface area contributed by atoms with Crippen LogP contribution in [0.4, 0.5) is 26.3 Å². The number of hydrogen-bond acceptors (Lipinski definition) is 5. The number of rotatable bonds is 4. The SMILES string of the molecule is CCOC(=O)c1ccccc1-c1nc(-c2cc(C(F)(F)F)cc(C(F)(F)F)c2)no1. The Balaban J connectivity index is 2.09. The first-order valence-electron chi connectivity index (χ1n) is 8.40. The van der Waals surface area contributed by atoms with Crippen molar-refractivity contribution < 1.29 is 40.4 Å². The molecule has 0 unspecified atom stereocenters. The molecule has 158 valence electrons. The van der Waals surface area contributed by atoms with Gasteiger partial charge in [0.05, 0.1) is 28.9 Å². The number of benzene rings is 2. The molecule has 0 saturated carbocycles. The predicted molar refractivity (Wildman–Crippen MR) is 91.1 cm³/mol. The van der Waals surface area contributed by atoms with Gasteiger partial charge in [-0.15, -0.1) is 0 Å². The molecule has 3 rings (SSSR count). The molecule has 0 fully saturated rings. The van der Waals surface area contributed by atoms with E-state index in [1.54, 1.807) is 6.92 Å². The molecule has 2 aromatic carbocycles. The first-order valence-corrected chi connectivity index (χ1v) is 8.40. The van der Waals surface area contributed by atoms with E-state index in [2.05, 4.69) is 10.1 Å². The quantitative estimate of drug-likeness (QED) is 0.397. The van der Waals surface area contributed by atoms with Gasteiger partial charge < -0.3 is 9.26 Å². The zero-order chi connectivity index (χ0) is 22.1. The molecule has 1 heterocycles. The Morgan fingerprint density at radius 2 is 1.60 bits per heavy atom. The van der Waals surface area contributed by atoms with Crippen LogP contribution in [0.3, 0.4) is 0 Å². The van der Waals surface area contributed by atoms with Crippen LogP contribution in [-0.2, 0) is 17.1 Å². The van der Waals surface area contributed by atoms with E-state index >= 15 is 0 Å². The van der Waals surface area contributed by atoms with E-state index in [1.165, 1.54) is 24.3 Å². The van der Waals surface area contributed by atoms with Gasteiger partial charge in [-0.2, -0.15) is 31.3 Å². The maximum absolute atomic E-state index is 13.1. The van der Waals surface area contributed by atoms with Gasteiger partial charge in [-0.1, -0.05) is 17.3 Å². The van der Waals surface area contributed by atoms with Gasteiger partial charge in [0.1, 0.15) is 0 Å². The maximum Gasteiger partial charge on any atom is 0.416 e. The fourth-order valence-corrected chi connectivity index (χ4v) is 2.59. The third-order valence-corrected chi connectivity index (χ3v) is 3.92. The lowest BCUT2D eigenvalue weighted by molar-refractivity contribution is -0.143. The third kappa shape index (κ3) is 4.44. The molecule has 0 radical (unpaired) electrons. The Labute approximate surface area is 165 Å². The summed E-state index contributed by atoms with van der Waals surface area (Å²) in [7, 11) is 0. The summed E-state index contributed by atoms with van der Waals surface area (Å²) in [5, 5.41) is 3.48. The molecule has 0 saturated heterocycles. The van der Waals surface area contributed by atoms with Gasteiger partial charge >= 0.3 is 18.3 Å². The Hall–Kier alpha value is -3.37. The molecule has 30 heavy (non-hydrogen) atoms. The summed E-state index contributed by atoms with van der Waals surface area (Å²) in [6, 6.07) is 6.88. The fourth-order valence-electron chi connectivity index (χ4n) is 2.59. The molecule has 0 atom stereocenters. The van der Waals surface area contributed by atoms with Crippen LogP contribution in [0.15, 0.2) is 47.0 Å². The van der Waals surface area contributed by atoms with Crippen LogP contribution in [0.1, 0.15) is 28.4 Å². The summed E-state index contributed by atoms with van der Waals surface area (Å²) in [5.41, 5.74) is -3.38. The first kappa shape index (κ1) is 21.3. The van der Waals surface area contributed by atoms with Crippen LogP contribution in [0.5, 0.6) is 0 Å². The number of esters is 1. The molecule has 0 aliphatic rings. The Morgan fingerprint density at radius 3 is 2.17 bits per heavy atom. The Morgan fingerprint density at radius 1 is 1.00 bits per heavy atom. The number of ether oxygens (including phenoxy) is 1. The van der Waals surface area contributed by atoms with Gasteiger partial charge in [0.25, 0.3) is 5.89 Å². The second-order valence-electron chi connectivity index (χ2n) is 5.98. The number of carbonyl (C=O) groups excluding carboxylic acids is 1. The summed E-state index contributed by atoms with van der Waals surface area (Å²) in [4.78, 5) is 15.9. The van der Waals surface area contributed by atoms with Gasteiger partial charge in [0, 0.05) is 5.56 Å². The van der Waals surface area contributed by atoms with Crippen LogP contribution < -0.4 is 0 Å². The van der Waals surface area contributed by atoms with E-state index in [1.807, 2.05) is 0 Å². The molecule has 0 bridgehead atoms. The molecule has 0 aliphatic heterocycles. The van der Waals surface area contributed by atoms with Crippen LogP contribution >= 0.6 is 0 Å². The van der Waals surface area contributed by atoms with Crippen molar-refractivity contribution in [3.8, 4) is 22.8 Å². The monoisotopic (exact) mass is 430 g/mol. The number of nitrogens with zero attached hydrogens (tertiary/aromatic N) is 2. The normalized spacial score (nSPS) is 12.1. The highest BCUT2D eigenvalue weighted by Crippen LogP contribution is 2.38. The van der Waals surface area contributed by atoms with E-state index < -0.39 is 40.8 Å². The maximum atomic E-state index is 13.1. The van der Waals surface area contributed by atoms with Crippen LogP contribution in [-0.4, -0.2) is 22.7 Å². The number of aromatic nitrogens is 2. The van der Waals surface area contributed by atoms with E-state index in [9.17, 15) is 31.1 Å². The average Bonchev–Trinajstić information content (AvgIpc) is 3.16. The van der Waals surface area contributed by atoms with E-state index in [0.29, 0.717) is 12.1 Å². The number of carbonyl (C=O) groups is 1. The standard InChI is InChI=1S/C19H12F6N2O3/c1-2-29-17(28)14-6-4-3-5-13(14)16-26-15(27-30-16)10-7-11(18(20,21)22)9-12(8-10)19(23,24)25/h3-9H,2H2,1H3. The summed E-state index contributed by atoms with van der Waals surface area (Å²) < 4.78 is 88.2. The lowest BCUT2D eigenvalue weighted by Gasteiger charge is -2.12. The zero-order valence-corrected chi connectivity index (χ0v) is 15.1. The predicted octanol–water partition coefficient (Wildman–Crippen LogP) is 5.62. The fraction of sp³-hybridized carbons (Fsp3) is 0.211. The molecule has 0 N–H and O–H groups in total. The van der Waals surface area contributed by atoms with Crippen LogP contribution in [0.2, 0.25) is 0 Å². The summed E-state index contributed by atoms with van der Waals surface area (Å²) in [5.74, 6) is -1.47. The van der Waals surface area contributed by atoms with Crippen molar-refractivity contribution in [1.29, 1.82) is 0 Å². The van der Waals surface area contributed by atoms with Crippen molar-refractivity contribution in [2.24, 2.45) is 0 Å². The second-order valence-corrected chi connectivity index (χ2v) is 5.98. The minimum absolute atomic E-state index is 0.000545. The van der Waals surface area contributed by atoms with E-state index in [0.717, 1.165) is 0 Å². The third-order valence-electron chi connectivity index (χ3n) is 3.92. The van der Waals surface area contributed by atoms with E-state index in [4.69, 9.17) is 9.26 Å². The average molecular weight is 430 g/mol. The van der Waals surface area contributed by atoms with Gasteiger partial charge in [-0.25, -0.2) is 4.79 Å². The molecular formula is C19H12F6N2O3. The largest absolute Gasteiger partial charge is 0.462 e. The highest BCUT2D eigenvalue weighted by molar-refractivity contribution is 5.96. The lowest BCUT2D eigenvalue weighted by atomic mass is 10.0. The smallest absolute Gasteiger partial charge is 0.416 e. The number of hydrogen-bond donors (Lipinski definition) is 0. The van der Waals surface area contributed by atoms with E-state index in [-0.39, 0.29) is 29.7 Å². The molecule has 0 amide bonds. The summed E-state index contributed by atoms with van der Waals surface area (Å²) >= 11 is 0. The zero-order valence-electron chi connectivity index (χ0n) is 15.1. The Kier molecular flexibility index (Phi) is 5.55. The van der Waals surface area contributed by atoms with Gasteiger partial charge in [0.15, 0.2) is 0 Å². The molecule has 0 spiro atoms. The molecule has 1 aromatic heterocycles. The summed E-state index contributed by atoms with van der Waals surface area (Å²) in [6.45, 7) is 1.68. The number of alkyl halides is 6. The van der Waals surface area contributed by atoms with Crippen molar-refractivity contribution in [3.63, 3.8) is 0 Å². The first-order chi connectivity index (χ1) is 14.0. The van der Waals surface area contributed by atoms with Gasteiger partial charge in [-0.05, 0) is 37.3 Å². The van der Waals surface area contributed by atoms with Crippen LogP contribution in [0, 0.1) is 0 Å². The molecule has 0 aliphatic carbocycles.